The Kier molecular flexibility index (Phi) is 4.26. The minimum Gasteiger partial charge on any atom is -0.338 e. The van der Waals surface area contributed by atoms with Crippen LogP contribution in [0, 0.1) is 5.92 Å². The van der Waals surface area contributed by atoms with Crippen LogP contribution in [-0.2, 0) is 6.42 Å². The van der Waals surface area contributed by atoms with Crippen molar-refractivity contribution in [2.75, 3.05) is 13.1 Å². The Morgan fingerprint density at radius 1 is 1.29 bits per heavy atom. The molecule has 0 saturated carbocycles. The molecule has 1 saturated heterocycles. The number of carbonyl (C=O) groups excluding carboxylic acids is 1. The van der Waals surface area contributed by atoms with Crippen molar-refractivity contribution >= 4 is 28.1 Å². The number of carbonyl (C=O) groups is 1. The van der Waals surface area contributed by atoms with Gasteiger partial charge in [0, 0.05) is 24.7 Å². The van der Waals surface area contributed by atoms with Gasteiger partial charge >= 0.3 is 0 Å². The molecule has 3 heterocycles. The first-order valence-electron chi connectivity index (χ1n) is 8.31. The molecule has 1 fully saturated rings. The van der Waals surface area contributed by atoms with Crippen LogP contribution >= 0.6 is 11.3 Å². The quantitative estimate of drug-likeness (QED) is 0.730. The number of aromatic nitrogens is 2. The van der Waals surface area contributed by atoms with Crippen molar-refractivity contribution in [3.8, 4) is 0 Å². The summed E-state index contributed by atoms with van der Waals surface area (Å²) in [4.78, 5) is 23.8. The summed E-state index contributed by atoms with van der Waals surface area (Å²) < 4.78 is 0. The van der Waals surface area contributed by atoms with Gasteiger partial charge in [-0.1, -0.05) is 18.2 Å². The maximum Gasteiger partial charge on any atom is 0.265 e. The second-order valence-corrected chi connectivity index (χ2v) is 7.25. The molecule has 4 nitrogen and oxygen atoms in total. The molecular formula is C19H19N3OS. The molecule has 0 spiro atoms. The number of thiazole rings is 1. The van der Waals surface area contributed by atoms with Crippen LogP contribution in [0.1, 0.15) is 28.1 Å². The van der Waals surface area contributed by atoms with E-state index in [1.807, 2.05) is 29.3 Å². The van der Waals surface area contributed by atoms with Crippen LogP contribution in [0.3, 0.4) is 0 Å². The fourth-order valence-electron chi connectivity index (χ4n) is 3.45. The first kappa shape index (κ1) is 15.3. The number of hydrogen-bond acceptors (Lipinski definition) is 4. The average molecular weight is 337 g/mol. The number of piperidine rings is 1. The van der Waals surface area contributed by atoms with Gasteiger partial charge in [-0.3, -0.25) is 14.8 Å². The lowest BCUT2D eigenvalue weighted by Crippen LogP contribution is -2.40. The van der Waals surface area contributed by atoms with Gasteiger partial charge < -0.3 is 4.90 Å². The van der Waals surface area contributed by atoms with Crippen LogP contribution in [0.2, 0.25) is 0 Å². The lowest BCUT2D eigenvalue weighted by Gasteiger charge is -2.32. The summed E-state index contributed by atoms with van der Waals surface area (Å²) in [5.41, 5.74) is 4.01. The monoisotopic (exact) mass is 337 g/mol. The van der Waals surface area contributed by atoms with Crippen LogP contribution in [0.25, 0.3) is 10.9 Å². The zero-order valence-electron chi connectivity index (χ0n) is 13.4. The third-order valence-corrected chi connectivity index (χ3v) is 5.38. The van der Waals surface area contributed by atoms with Crippen LogP contribution < -0.4 is 0 Å². The Morgan fingerprint density at radius 2 is 2.21 bits per heavy atom. The van der Waals surface area contributed by atoms with E-state index in [0.29, 0.717) is 5.92 Å². The Bertz CT molecular complexity index is 847. The van der Waals surface area contributed by atoms with E-state index in [0.717, 1.165) is 36.3 Å². The predicted molar refractivity (Wildman–Crippen MR) is 96.2 cm³/mol. The third-order valence-electron chi connectivity index (χ3n) is 4.62. The number of likely N-dealkylation sites (tertiary alicyclic amines) is 1. The summed E-state index contributed by atoms with van der Waals surface area (Å²) in [6.45, 7) is 1.67. The molecule has 1 aliphatic rings. The normalized spacial score (nSPS) is 18.0. The number of para-hydroxylation sites is 1. The summed E-state index contributed by atoms with van der Waals surface area (Å²) in [7, 11) is 0. The zero-order chi connectivity index (χ0) is 16.4. The molecule has 0 bridgehead atoms. The fourth-order valence-corrected chi connectivity index (χ4v) is 4.04. The lowest BCUT2D eigenvalue weighted by molar-refractivity contribution is 0.0678. The second-order valence-electron chi connectivity index (χ2n) is 6.37. The number of pyridine rings is 1. The van der Waals surface area contributed by atoms with E-state index in [-0.39, 0.29) is 5.91 Å². The van der Waals surface area contributed by atoms with Crippen LogP contribution in [0.4, 0.5) is 0 Å². The molecule has 1 atom stereocenters. The van der Waals surface area contributed by atoms with Gasteiger partial charge in [0.1, 0.15) is 4.88 Å². The van der Waals surface area contributed by atoms with E-state index in [2.05, 4.69) is 22.1 Å². The smallest absolute Gasteiger partial charge is 0.265 e. The van der Waals surface area contributed by atoms with Crippen molar-refractivity contribution in [3.63, 3.8) is 0 Å². The number of hydrogen-bond donors (Lipinski definition) is 0. The summed E-state index contributed by atoms with van der Waals surface area (Å²) in [5, 5.41) is 1.18. The molecule has 4 rings (SSSR count). The van der Waals surface area contributed by atoms with Crippen molar-refractivity contribution < 1.29 is 4.79 Å². The van der Waals surface area contributed by atoms with Crippen LogP contribution in [0.15, 0.2) is 48.2 Å². The first-order valence-corrected chi connectivity index (χ1v) is 9.19. The Hall–Kier alpha value is -2.27. The maximum absolute atomic E-state index is 12.5. The molecule has 1 aromatic carbocycles. The van der Waals surface area contributed by atoms with E-state index in [1.165, 1.54) is 28.7 Å². The molecule has 5 heteroatoms. The topological polar surface area (TPSA) is 46.1 Å². The van der Waals surface area contributed by atoms with Gasteiger partial charge in [0.15, 0.2) is 0 Å². The molecule has 0 unspecified atom stereocenters. The van der Waals surface area contributed by atoms with Crippen molar-refractivity contribution in [3.05, 3.63) is 58.7 Å². The van der Waals surface area contributed by atoms with Crippen molar-refractivity contribution in [2.45, 2.75) is 19.3 Å². The third kappa shape index (κ3) is 3.17. The summed E-state index contributed by atoms with van der Waals surface area (Å²) in [6.07, 6.45) is 6.86. The molecular weight excluding hydrogens is 318 g/mol. The zero-order valence-corrected chi connectivity index (χ0v) is 14.2. The van der Waals surface area contributed by atoms with E-state index >= 15 is 0 Å². The lowest BCUT2D eigenvalue weighted by atomic mass is 9.91. The second kappa shape index (κ2) is 6.69. The van der Waals surface area contributed by atoms with Gasteiger partial charge in [0.05, 0.1) is 17.2 Å². The number of fused-ring (bicyclic) bond motifs is 1. The molecule has 3 aromatic rings. The SMILES string of the molecule is O=C(c1cncs1)N1CCC[C@H](Cc2cnc3ccccc3c2)C1. The molecule has 0 radical (unpaired) electrons. The Labute approximate surface area is 145 Å². The maximum atomic E-state index is 12.5. The summed E-state index contributed by atoms with van der Waals surface area (Å²) in [5.74, 6) is 0.623. The Morgan fingerprint density at radius 3 is 3.08 bits per heavy atom. The van der Waals surface area contributed by atoms with Gasteiger partial charge in [-0.15, -0.1) is 11.3 Å². The summed E-state index contributed by atoms with van der Waals surface area (Å²) in [6, 6.07) is 10.4. The largest absolute Gasteiger partial charge is 0.338 e. The number of amides is 1. The number of benzene rings is 1. The predicted octanol–water partition coefficient (Wildman–Crippen LogP) is 3.79. The van der Waals surface area contributed by atoms with Gasteiger partial charge in [-0.25, -0.2) is 0 Å². The Balaban J connectivity index is 1.46. The highest BCUT2D eigenvalue weighted by molar-refractivity contribution is 7.11. The number of rotatable bonds is 3. The van der Waals surface area contributed by atoms with Crippen molar-refractivity contribution in [1.82, 2.24) is 14.9 Å². The van der Waals surface area contributed by atoms with Crippen LogP contribution in [-0.4, -0.2) is 33.9 Å². The van der Waals surface area contributed by atoms with E-state index < -0.39 is 0 Å². The van der Waals surface area contributed by atoms with Gasteiger partial charge in [0.2, 0.25) is 0 Å². The molecule has 122 valence electrons. The molecule has 2 aromatic heterocycles. The molecule has 0 N–H and O–H groups in total. The summed E-state index contributed by atoms with van der Waals surface area (Å²) >= 11 is 1.42. The van der Waals surface area contributed by atoms with Crippen LogP contribution in [0.5, 0.6) is 0 Å². The highest BCUT2D eigenvalue weighted by Crippen LogP contribution is 2.24. The highest BCUT2D eigenvalue weighted by atomic mass is 32.1. The van der Waals surface area contributed by atoms with E-state index in [1.54, 1.807) is 11.7 Å². The molecule has 1 aliphatic heterocycles. The average Bonchev–Trinajstić information content (AvgIpc) is 3.16. The molecule has 1 amide bonds. The van der Waals surface area contributed by atoms with Gasteiger partial charge in [-0.05, 0) is 42.9 Å². The fraction of sp³-hybridized carbons (Fsp3) is 0.316. The molecule has 0 aliphatic carbocycles. The first-order chi connectivity index (χ1) is 11.8. The van der Waals surface area contributed by atoms with E-state index in [4.69, 9.17) is 0 Å². The van der Waals surface area contributed by atoms with Crippen molar-refractivity contribution in [1.29, 1.82) is 0 Å². The van der Waals surface area contributed by atoms with Gasteiger partial charge in [-0.2, -0.15) is 0 Å². The van der Waals surface area contributed by atoms with E-state index in [9.17, 15) is 4.79 Å². The van der Waals surface area contributed by atoms with Crippen molar-refractivity contribution in [2.24, 2.45) is 5.92 Å². The number of nitrogens with zero attached hydrogens (tertiary/aromatic N) is 3. The van der Waals surface area contributed by atoms with Gasteiger partial charge in [0.25, 0.3) is 5.91 Å². The molecule has 24 heavy (non-hydrogen) atoms. The highest BCUT2D eigenvalue weighted by Gasteiger charge is 2.25. The minimum absolute atomic E-state index is 0.124. The minimum atomic E-state index is 0.124. The standard InChI is InChI=1S/C19H19N3OS/c23-19(18-11-20-13-24-18)22-7-3-4-14(12-22)8-15-9-16-5-1-2-6-17(16)21-10-15/h1-2,5-6,9-11,13-14H,3-4,7-8,12H2/t14-/m1/s1.